The maximum Gasteiger partial charge on any atom is 0.319 e. The first-order valence-electron chi connectivity index (χ1n) is 10.7. The highest BCUT2D eigenvalue weighted by Gasteiger charge is 2.37. The van der Waals surface area contributed by atoms with E-state index in [2.05, 4.69) is 15.6 Å². The fourth-order valence-corrected chi connectivity index (χ4v) is 3.82. The summed E-state index contributed by atoms with van der Waals surface area (Å²) in [5.41, 5.74) is 3.33. The zero-order valence-corrected chi connectivity index (χ0v) is 18.1. The number of hydrogen-bond donors (Lipinski definition) is 3. The molecule has 0 unspecified atom stereocenters. The normalized spacial score (nSPS) is 18.1. The summed E-state index contributed by atoms with van der Waals surface area (Å²) in [4.78, 5) is 30.4. The second-order valence-electron chi connectivity index (χ2n) is 7.78. The van der Waals surface area contributed by atoms with Crippen LogP contribution in [0.25, 0.3) is 0 Å². The van der Waals surface area contributed by atoms with E-state index < -0.39 is 12.1 Å². The number of rotatable bonds is 7. The average molecular weight is 447 g/mol. The predicted octanol–water partition coefficient (Wildman–Crippen LogP) is 2.86. The molecule has 3 amide bonds. The van der Waals surface area contributed by atoms with Gasteiger partial charge in [0.25, 0.3) is 0 Å². The molecule has 1 aliphatic rings. The van der Waals surface area contributed by atoms with Crippen molar-refractivity contribution in [1.29, 1.82) is 0 Å². The molecule has 8 nitrogen and oxygen atoms in total. The summed E-state index contributed by atoms with van der Waals surface area (Å²) >= 11 is 0. The van der Waals surface area contributed by atoms with Crippen LogP contribution >= 0.6 is 0 Å². The molecule has 1 fully saturated rings. The summed E-state index contributed by atoms with van der Waals surface area (Å²) in [5.74, 6) is -0.178. The average Bonchev–Trinajstić information content (AvgIpc) is 2.86. The van der Waals surface area contributed by atoms with Gasteiger partial charge in [-0.05, 0) is 34.9 Å². The first-order valence-corrected chi connectivity index (χ1v) is 10.7. The van der Waals surface area contributed by atoms with Crippen LogP contribution in [-0.4, -0.2) is 46.2 Å². The van der Waals surface area contributed by atoms with Crippen molar-refractivity contribution >= 4 is 17.6 Å². The van der Waals surface area contributed by atoms with E-state index in [9.17, 15) is 14.7 Å². The molecule has 3 N–H and O–H groups in total. The molecule has 33 heavy (non-hydrogen) atoms. The molecular formula is C25H26N4O4. The number of urea groups is 1. The van der Waals surface area contributed by atoms with E-state index >= 15 is 0 Å². The highest BCUT2D eigenvalue weighted by atomic mass is 16.5. The van der Waals surface area contributed by atoms with Crippen molar-refractivity contribution in [3.05, 3.63) is 95.8 Å². The van der Waals surface area contributed by atoms with Gasteiger partial charge in [0.2, 0.25) is 5.91 Å². The lowest BCUT2D eigenvalue weighted by Crippen LogP contribution is -2.52. The number of aliphatic hydroxyl groups is 1. The van der Waals surface area contributed by atoms with Crippen LogP contribution in [-0.2, 0) is 22.6 Å². The third-order valence-corrected chi connectivity index (χ3v) is 5.51. The Kier molecular flexibility index (Phi) is 7.29. The quantitative estimate of drug-likeness (QED) is 0.518. The van der Waals surface area contributed by atoms with Gasteiger partial charge in [-0.25, -0.2) is 4.79 Å². The summed E-state index contributed by atoms with van der Waals surface area (Å²) in [7, 11) is 0. The highest BCUT2D eigenvalue weighted by molar-refractivity contribution is 5.89. The van der Waals surface area contributed by atoms with E-state index in [1.165, 1.54) is 0 Å². The standard InChI is InChI=1S/C25H26N4O4/c30-16-22-24(33-17-23(31)29(22)15-19-7-4-12-26-13-19)20-8-10-21(11-9-20)28-25(32)27-14-18-5-2-1-3-6-18/h1-13,22,24,30H,14-17H2,(H2,27,28,32)/t22-,24-/m1/s1. The molecule has 4 rings (SSSR count). The molecule has 0 radical (unpaired) electrons. The number of amides is 3. The fraction of sp³-hybridized carbons (Fsp3) is 0.240. The predicted molar refractivity (Wildman–Crippen MR) is 123 cm³/mol. The maximum atomic E-state index is 12.5. The number of ether oxygens (including phenoxy) is 1. The van der Waals surface area contributed by atoms with Gasteiger partial charge in [-0.3, -0.25) is 9.78 Å². The van der Waals surface area contributed by atoms with Crippen molar-refractivity contribution in [2.75, 3.05) is 18.5 Å². The lowest BCUT2D eigenvalue weighted by atomic mass is 9.98. The molecule has 1 aliphatic heterocycles. The molecule has 2 atom stereocenters. The number of pyridine rings is 1. The van der Waals surface area contributed by atoms with Crippen LogP contribution < -0.4 is 10.6 Å². The number of morpholine rings is 1. The Morgan fingerprint density at radius 3 is 2.52 bits per heavy atom. The largest absolute Gasteiger partial charge is 0.394 e. The van der Waals surface area contributed by atoms with Crippen molar-refractivity contribution in [3.8, 4) is 0 Å². The molecule has 0 spiro atoms. The zero-order valence-electron chi connectivity index (χ0n) is 18.1. The molecular weight excluding hydrogens is 420 g/mol. The Bertz CT molecular complexity index is 1060. The Morgan fingerprint density at radius 2 is 1.82 bits per heavy atom. The molecule has 1 aromatic heterocycles. The van der Waals surface area contributed by atoms with Gasteiger partial charge in [0.15, 0.2) is 0 Å². The molecule has 0 bridgehead atoms. The number of anilines is 1. The molecule has 0 aliphatic carbocycles. The fourth-order valence-electron chi connectivity index (χ4n) is 3.82. The van der Waals surface area contributed by atoms with Crippen LogP contribution in [0, 0.1) is 0 Å². The summed E-state index contributed by atoms with van der Waals surface area (Å²) < 4.78 is 5.79. The highest BCUT2D eigenvalue weighted by Crippen LogP contribution is 2.30. The lowest BCUT2D eigenvalue weighted by Gasteiger charge is -2.40. The number of carbonyl (C=O) groups excluding carboxylic acids is 2. The van der Waals surface area contributed by atoms with Crippen molar-refractivity contribution in [2.24, 2.45) is 0 Å². The van der Waals surface area contributed by atoms with Crippen molar-refractivity contribution in [2.45, 2.75) is 25.2 Å². The van der Waals surface area contributed by atoms with E-state index in [-0.39, 0.29) is 25.2 Å². The molecule has 0 saturated carbocycles. The van der Waals surface area contributed by atoms with Crippen molar-refractivity contribution in [1.82, 2.24) is 15.2 Å². The number of aromatic nitrogens is 1. The first kappa shape index (κ1) is 22.4. The summed E-state index contributed by atoms with van der Waals surface area (Å²) in [5, 5.41) is 15.7. The van der Waals surface area contributed by atoms with Gasteiger partial charge in [-0.2, -0.15) is 0 Å². The van der Waals surface area contributed by atoms with E-state index in [0.717, 1.165) is 16.7 Å². The van der Waals surface area contributed by atoms with Crippen LogP contribution in [0.5, 0.6) is 0 Å². The SMILES string of the molecule is O=C(NCc1ccccc1)Nc1ccc([C@H]2OCC(=O)N(Cc3cccnc3)[C@@H]2CO)cc1. The van der Waals surface area contributed by atoms with Gasteiger partial charge >= 0.3 is 6.03 Å². The topological polar surface area (TPSA) is 104 Å². The van der Waals surface area contributed by atoms with Crippen LogP contribution in [0.3, 0.4) is 0 Å². The summed E-state index contributed by atoms with van der Waals surface area (Å²) in [6.07, 6.45) is 2.90. The maximum absolute atomic E-state index is 12.5. The van der Waals surface area contributed by atoms with Crippen molar-refractivity contribution in [3.63, 3.8) is 0 Å². The van der Waals surface area contributed by atoms with Crippen molar-refractivity contribution < 1.29 is 19.4 Å². The molecule has 1 saturated heterocycles. The van der Waals surface area contributed by atoms with Gasteiger partial charge in [0.05, 0.1) is 12.6 Å². The minimum absolute atomic E-state index is 0.0661. The van der Waals surface area contributed by atoms with Crippen LogP contribution in [0.1, 0.15) is 22.8 Å². The molecule has 8 heteroatoms. The van der Waals surface area contributed by atoms with Gasteiger partial charge in [0.1, 0.15) is 12.7 Å². The minimum Gasteiger partial charge on any atom is -0.394 e. The van der Waals surface area contributed by atoms with E-state index in [1.54, 1.807) is 29.4 Å². The monoisotopic (exact) mass is 446 g/mol. The Labute approximate surface area is 192 Å². The number of nitrogens with zero attached hydrogens (tertiary/aromatic N) is 2. The Morgan fingerprint density at radius 1 is 1.06 bits per heavy atom. The third-order valence-electron chi connectivity index (χ3n) is 5.51. The lowest BCUT2D eigenvalue weighted by molar-refractivity contribution is -0.162. The van der Waals surface area contributed by atoms with Gasteiger partial charge in [0, 0.05) is 31.2 Å². The van der Waals surface area contributed by atoms with E-state index in [1.807, 2.05) is 54.6 Å². The second kappa shape index (κ2) is 10.7. The van der Waals surface area contributed by atoms with Gasteiger partial charge in [-0.15, -0.1) is 0 Å². The smallest absolute Gasteiger partial charge is 0.319 e. The number of carbonyl (C=O) groups is 2. The van der Waals surface area contributed by atoms with E-state index in [4.69, 9.17) is 4.74 Å². The second-order valence-corrected chi connectivity index (χ2v) is 7.78. The summed E-state index contributed by atoms with van der Waals surface area (Å²) in [6, 6.07) is 19.7. The van der Waals surface area contributed by atoms with Crippen LogP contribution in [0.15, 0.2) is 79.1 Å². The minimum atomic E-state index is -0.528. The number of aliphatic hydroxyl groups excluding tert-OH is 1. The van der Waals surface area contributed by atoms with Crippen LogP contribution in [0.4, 0.5) is 10.5 Å². The number of nitrogens with one attached hydrogen (secondary N) is 2. The number of hydrogen-bond acceptors (Lipinski definition) is 5. The molecule has 170 valence electrons. The van der Waals surface area contributed by atoms with Gasteiger partial charge < -0.3 is 25.4 Å². The Balaban J connectivity index is 1.39. The third kappa shape index (κ3) is 5.74. The van der Waals surface area contributed by atoms with E-state index in [0.29, 0.717) is 18.8 Å². The van der Waals surface area contributed by atoms with Gasteiger partial charge in [-0.1, -0.05) is 48.5 Å². The first-order chi connectivity index (χ1) is 16.1. The molecule has 3 aromatic rings. The Hall–Kier alpha value is -3.75. The molecule has 2 aromatic carbocycles. The zero-order chi connectivity index (χ0) is 23.0. The van der Waals surface area contributed by atoms with Crippen LogP contribution in [0.2, 0.25) is 0 Å². The molecule has 2 heterocycles. The number of benzene rings is 2. The summed E-state index contributed by atoms with van der Waals surface area (Å²) in [6.45, 7) is 0.473.